The van der Waals surface area contributed by atoms with Gasteiger partial charge in [-0.2, -0.15) is 0 Å². The molecule has 35 heteroatoms. The van der Waals surface area contributed by atoms with E-state index in [-0.39, 0.29) is 118 Å². The van der Waals surface area contributed by atoms with Gasteiger partial charge in [0.05, 0.1) is 57.6 Å². The van der Waals surface area contributed by atoms with Crippen molar-refractivity contribution in [1.29, 1.82) is 0 Å². The summed E-state index contributed by atoms with van der Waals surface area (Å²) in [4.78, 5) is 37.8. The summed E-state index contributed by atoms with van der Waals surface area (Å²) in [7, 11) is 21.4. The summed E-state index contributed by atoms with van der Waals surface area (Å²) < 4.78 is 22.0. The van der Waals surface area contributed by atoms with Crippen molar-refractivity contribution in [2.45, 2.75) is 63.8 Å². The molecule has 0 fully saturated rings. The number of nitrogens with zero attached hydrogens (tertiary/aromatic N) is 6. The third-order valence-corrected chi connectivity index (χ3v) is 35.4. The van der Waals surface area contributed by atoms with Crippen molar-refractivity contribution in [3.8, 4) is 33.8 Å². The Morgan fingerprint density at radius 3 is 1.45 bits per heavy atom. The van der Waals surface area contributed by atoms with Crippen molar-refractivity contribution in [3.63, 3.8) is 0 Å². The summed E-state index contributed by atoms with van der Waals surface area (Å²) >= 11 is 33.4. The molecule has 0 amide bonds. The van der Waals surface area contributed by atoms with Gasteiger partial charge >= 0.3 is 103 Å². The van der Waals surface area contributed by atoms with Crippen LogP contribution in [0.2, 0.25) is 15.2 Å². The fourth-order valence-corrected chi connectivity index (χ4v) is 34.1. The Hall–Kier alpha value is -0.207. The maximum absolute atomic E-state index is 8.64. The van der Waals surface area contributed by atoms with E-state index in [0.717, 1.165) is 110 Å². The summed E-state index contributed by atoms with van der Waals surface area (Å²) in [6.07, 6.45) is 0. The molecule has 0 aliphatic heterocycles. The first-order chi connectivity index (χ1) is 38.6. The molecule has 6 aromatic heterocycles. The van der Waals surface area contributed by atoms with Gasteiger partial charge in [-0.1, -0.05) is 88.6 Å². The normalized spacial score (nSPS) is 9.89. The second kappa shape index (κ2) is 39.8. The van der Waals surface area contributed by atoms with Gasteiger partial charge in [0.1, 0.15) is 56.1 Å². The molecule has 0 aliphatic rings. The number of halogens is 3. The van der Waals surface area contributed by atoms with Gasteiger partial charge < -0.3 is 40.1 Å². The Morgan fingerprint density at radius 1 is 0.627 bits per heavy atom. The Bertz CT molecular complexity index is 4350. The van der Waals surface area contributed by atoms with Crippen molar-refractivity contribution in [1.82, 2.24) is 40.2 Å². The van der Waals surface area contributed by atoms with Gasteiger partial charge in [0.15, 0.2) is 0 Å². The van der Waals surface area contributed by atoms with Gasteiger partial charge in [-0.05, 0) is 90.1 Å². The van der Waals surface area contributed by atoms with Gasteiger partial charge in [0, 0.05) is 163 Å². The van der Waals surface area contributed by atoms with Crippen molar-refractivity contribution < 1.29 is 138 Å². The molecular formula is C48H45Cl3K2N8O7S15. The number of hydrogen-bond acceptors (Lipinski definition) is 17. The third kappa shape index (κ3) is 21.7. The number of rotatable bonds is 7. The molecule has 0 saturated carbocycles. The van der Waals surface area contributed by atoms with Crippen LogP contribution in [0.3, 0.4) is 0 Å². The zero-order valence-electron chi connectivity index (χ0n) is 45.3. The van der Waals surface area contributed by atoms with Crippen LogP contribution >= 0.6 is 59.2 Å². The van der Waals surface area contributed by atoms with E-state index in [1.807, 2.05) is 108 Å². The molecular weight excluding hydrogens is 1470 g/mol. The molecule has 0 unspecified atom stereocenters. The molecule has 10 rings (SSSR count). The van der Waals surface area contributed by atoms with E-state index in [4.69, 9.17) is 90.7 Å². The number of carbonyl (C=O) groups is 1. The molecule has 15 nitrogen and oxygen atoms in total. The monoisotopic (exact) mass is 1510 g/mol. The minimum atomic E-state index is -0.181. The van der Waals surface area contributed by atoms with E-state index in [1.165, 1.54) is 29.5 Å². The number of ether oxygens (including phenoxy) is 2. The quantitative estimate of drug-likeness (QED) is 0.0382. The first-order valence-corrected chi connectivity index (χ1v) is 40.4. The number of benzene rings is 4. The largest absolute Gasteiger partial charge is 1.00 e. The van der Waals surface area contributed by atoms with Gasteiger partial charge in [-0.3, -0.25) is 4.79 Å². The number of aromatic amines is 2. The van der Waals surface area contributed by atoms with Crippen LogP contribution in [0.1, 0.15) is 43.4 Å². The molecule has 0 aliphatic carbocycles. The maximum atomic E-state index is 8.64. The average molecular weight is 1510 g/mol. The van der Waals surface area contributed by atoms with Crippen LogP contribution in [0.15, 0.2) is 96.7 Å². The molecule has 10 aromatic rings. The van der Waals surface area contributed by atoms with Gasteiger partial charge in [0.2, 0.25) is 0 Å². The van der Waals surface area contributed by atoms with Crippen LogP contribution in [0.4, 0.5) is 0 Å². The molecule has 6 heterocycles. The van der Waals surface area contributed by atoms with Crippen LogP contribution in [0, 0.1) is 41.5 Å². The topological polar surface area (TPSA) is 203 Å². The molecule has 0 saturated heterocycles. The Balaban J connectivity index is 0.000000403. The van der Waals surface area contributed by atoms with Gasteiger partial charge in [-0.15, -0.1) is 12.6 Å². The predicted octanol–water partition coefficient (Wildman–Crippen LogP) is 6.65. The summed E-state index contributed by atoms with van der Waals surface area (Å²) in [6.45, 7) is 11.1. The number of thiol groups is 1. The fraction of sp³-hybridized carbons (Fsp3) is 0.188. The number of H-pyrrole nitrogens is 2. The van der Waals surface area contributed by atoms with Crippen LogP contribution in [-0.2, 0) is 130 Å². The van der Waals surface area contributed by atoms with Crippen molar-refractivity contribution in [3.05, 3.63) is 123 Å². The molecule has 0 spiro atoms. The molecule has 432 valence electrons. The van der Waals surface area contributed by atoms with Crippen LogP contribution < -0.4 is 118 Å². The number of methoxy groups -OCH3 is 2. The molecule has 83 heavy (non-hydrogen) atoms. The smallest absolute Gasteiger partial charge is 1.00 e. The van der Waals surface area contributed by atoms with Crippen molar-refractivity contribution in [2.24, 2.45) is 0 Å². The van der Waals surface area contributed by atoms with E-state index in [9.17, 15) is 0 Å². The Kier molecular flexibility index (Phi) is 37.0. The molecule has 4 aromatic carbocycles. The first kappa shape index (κ1) is 77.0. The maximum Gasteiger partial charge on any atom is 1.00 e. The number of hydrogen-bond donors (Lipinski definition) is 3. The SMILES string of the molecule is C.COc1cc2c(cc1-c1c(C)noc1C)[nH]c1nc(C)nc(Cl)c12.COc1cc2c(cc1-c1c(C)noc1C)[nH]c1nc(C)nc(Sc3ccccc3Cl)c12.O=CO[O-].S=S=S=S=S=S=S=S=S=S=S=S=S.Sc1ccccc1Cl.[H-].[K+].[K+]. The van der Waals surface area contributed by atoms with E-state index in [0.29, 0.717) is 32.5 Å². The zero-order chi connectivity index (χ0) is 57.9. The number of carbonyl (C=O) groups excluding carboxylic acids is 1. The van der Waals surface area contributed by atoms with E-state index in [1.54, 1.807) is 94.1 Å². The summed E-state index contributed by atoms with van der Waals surface area (Å²) in [5.74, 6) is 4.25. The number of aryl methyl sites for hydroxylation is 6. The standard InChI is InChI=1S/C23H19ClN4O2S.C17H15ClN4O2.C6H5ClS.CH2O3.CH4.2K.S13.H/c1-11-20(12(2)30-28-11)15-9-17-14(10-18(15)29-4)21-22(27-17)25-13(3)26-23(21)31-19-8-6-5-7-16(19)24;1-7-14(8(2)24-22-7)11-5-12-10(6-13(11)23-4)15-16(18)19-9(3)20-17(15)21-12;7-5-3-1-2-4-6(5)8;2-1-4-3;;;;1-3-5-7-9-11-13-12-10-8-6-4-2;/h5-10H,1-4H3,(H,25,26,27);5-6H,1-4H3,(H,19,20,21);1-4,8H;1,3H;1H4;;;;/q;;;;;2*+1;;-1/p-1. The fourth-order valence-electron chi connectivity index (χ4n) is 7.51. The Morgan fingerprint density at radius 2 is 1.05 bits per heavy atom. The number of aromatic nitrogens is 8. The van der Waals surface area contributed by atoms with Gasteiger partial charge in [-0.25, -0.2) is 19.9 Å². The molecule has 0 radical (unpaired) electrons. The van der Waals surface area contributed by atoms with Crippen LogP contribution in [0.25, 0.3) is 66.1 Å². The molecule has 2 N–H and O–H groups in total. The van der Waals surface area contributed by atoms with E-state index in [2.05, 4.69) is 58.8 Å². The minimum absolute atomic E-state index is 0. The van der Waals surface area contributed by atoms with Crippen molar-refractivity contribution in [2.75, 3.05) is 14.2 Å². The number of fused-ring (bicyclic) bond motifs is 6. The minimum Gasteiger partial charge on any atom is -1.00 e. The first-order valence-electron chi connectivity index (χ1n) is 22.0. The zero-order valence-corrected chi connectivity index (χ0v) is 65.2. The molecule has 0 atom stereocenters. The van der Waals surface area contributed by atoms with Gasteiger partial charge in [0.25, 0.3) is 6.47 Å². The van der Waals surface area contributed by atoms with Crippen LogP contribution in [-0.4, -0.2) is 60.9 Å². The van der Waals surface area contributed by atoms with Crippen molar-refractivity contribution >= 4 is 230 Å². The third-order valence-electron chi connectivity index (χ3n) is 10.5. The predicted molar refractivity (Wildman–Crippen MR) is 365 cm³/mol. The molecule has 0 bridgehead atoms. The average Bonchev–Trinajstić information content (AvgIpc) is 1.76. The second-order valence-corrected chi connectivity index (χ2v) is 37.5. The summed E-state index contributed by atoms with van der Waals surface area (Å²) in [5, 5.41) is 22.9. The summed E-state index contributed by atoms with van der Waals surface area (Å²) in [5.41, 5.74) is 8.65. The van der Waals surface area contributed by atoms with E-state index >= 15 is 0 Å². The van der Waals surface area contributed by atoms with Crippen LogP contribution in [0.5, 0.6) is 11.5 Å². The Labute approximate surface area is 630 Å². The summed E-state index contributed by atoms with van der Waals surface area (Å²) in [6, 6.07) is 23.2. The second-order valence-electron chi connectivity index (χ2n) is 15.4. The van der Waals surface area contributed by atoms with E-state index < -0.39 is 0 Å². The number of nitrogens with one attached hydrogen (secondary N) is 2.